The fraction of sp³-hybridized carbons (Fsp3) is 0.353. The van der Waals surface area contributed by atoms with E-state index in [0.29, 0.717) is 11.5 Å². The summed E-state index contributed by atoms with van der Waals surface area (Å²) in [5, 5.41) is 13.1. The summed E-state index contributed by atoms with van der Waals surface area (Å²) in [6, 6.07) is 8.61. The van der Waals surface area contributed by atoms with E-state index in [2.05, 4.69) is 22.2 Å². The highest BCUT2D eigenvalue weighted by Crippen LogP contribution is 2.23. The second-order valence-corrected chi connectivity index (χ2v) is 6.27. The van der Waals surface area contributed by atoms with Crippen molar-refractivity contribution in [2.45, 2.75) is 38.3 Å². The number of benzene rings is 1. The molecule has 23 heavy (non-hydrogen) atoms. The highest BCUT2D eigenvalue weighted by atomic mass is 32.2. The molecular weight excluding hydrogens is 310 g/mol. The van der Waals surface area contributed by atoms with Crippen LogP contribution in [-0.2, 0) is 0 Å². The Labute approximate surface area is 140 Å². The summed E-state index contributed by atoms with van der Waals surface area (Å²) < 4.78 is 0. The van der Waals surface area contributed by atoms with Crippen molar-refractivity contribution in [2.75, 3.05) is 11.1 Å². The van der Waals surface area contributed by atoms with Crippen molar-refractivity contribution < 1.29 is 9.90 Å². The van der Waals surface area contributed by atoms with Crippen LogP contribution in [0.15, 0.2) is 35.5 Å². The number of unbranched alkanes of at least 4 members (excludes halogenated alkanes) is 2. The van der Waals surface area contributed by atoms with Gasteiger partial charge in [0.1, 0.15) is 5.82 Å². The zero-order valence-corrected chi connectivity index (χ0v) is 14.2. The molecular formula is C17H21N3O2S. The summed E-state index contributed by atoms with van der Waals surface area (Å²) in [5.41, 5.74) is 1.61. The summed E-state index contributed by atoms with van der Waals surface area (Å²) in [6.45, 7) is 4.09. The highest BCUT2D eigenvalue weighted by Gasteiger charge is 2.10. The third-order valence-electron chi connectivity index (χ3n) is 3.23. The first-order valence-corrected chi connectivity index (χ1v) is 8.66. The molecule has 0 radical (unpaired) electrons. The van der Waals surface area contributed by atoms with Crippen molar-refractivity contribution in [3.8, 4) is 0 Å². The second kappa shape index (κ2) is 8.53. The van der Waals surface area contributed by atoms with Crippen LogP contribution >= 0.6 is 11.8 Å². The number of nitrogens with one attached hydrogen (secondary N) is 1. The Hall–Kier alpha value is -2.08. The van der Waals surface area contributed by atoms with E-state index in [1.807, 2.05) is 13.0 Å². The van der Waals surface area contributed by atoms with Crippen LogP contribution in [-0.4, -0.2) is 26.8 Å². The van der Waals surface area contributed by atoms with E-state index in [-0.39, 0.29) is 5.56 Å². The van der Waals surface area contributed by atoms with Gasteiger partial charge in [0.05, 0.1) is 11.3 Å². The topological polar surface area (TPSA) is 75.1 Å². The van der Waals surface area contributed by atoms with Crippen molar-refractivity contribution in [3.05, 3.63) is 41.6 Å². The van der Waals surface area contributed by atoms with Gasteiger partial charge in [-0.1, -0.05) is 43.7 Å². The monoisotopic (exact) mass is 331 g/mol. The first kappa shape index (κ1) is 17.3. The summed E-state index contributed by atoms with van der Waals surface area (Å²) in [6.07, 6.45) is 3.53. The largest absolute Gasteiger partial charge is 0.478 e. The molecule has 2 N–H and O–H groups in total. The second-order valence-electron chi connectivity index (χ2n) is 5.21. The Balaban J connectivity index is 2.14. The Morgan fingerprint density at radius 2 is 2.04 bits per heavy atom. The van der Waals surface area contributed by atoms with Crippen LogP contribution in [0.1, 0.15) is 42.2 Å². The van der Waals surface area contributed by atoms with Gasteiger partial charge in [-0.25, -0.2) is 14.8 Å². The lowest BCUT2D eigenvalue weighted by Gasteiger charge is -2.10. The third kappa shape index (κ3) is 5.25. The fourth-order valence-corrected chi connectivity index (χ4v) is 3.00. The SMILES string of the molecule is CCCCCSc1nc(C)cc(Nc2ccccc2C(=O)O)n1. The minimum absolute atomic E-state index is 0.223. The van der Waals surface area contributed by atoms with Crippen LogP contribution in [0.3, 0.4) is 0 Å². The number of hydrogen-bond acceptors (Lipinski definition) is 5. The Bertz CT molecular complexity index is 677. The zero-order chi connectivity index (χ0) is 16.7. The number of aryl methyl sites for hydroxylation is 1. The number of para-hydroxylation sites is 1. The number of nitrogens with zero attached hydrogens (tertiary/aromatic N) is 2. The standard InChI is InChI=1S/C17H21N3O2S/c1-3-4-7-10-23-17-18-12(2)11-15(20-17)19-14-9-6-5-8-13(14)16(21)22/h5-6,8-9,11H,3-4,7,10H2,1-2H3,(H,21,22)(H,18,19,20). The van der Waals surface area contributed by atoms with E-state index in [1.165, 1.54) is 12.8 Å². The van der Waals surface area contributed by atoms with Crippen molar-refractivity contribution >= 4 is 29.2 Å². The molecule has 2 rings (SSSR count). The minimum Gasteiger partial charge on any atom is -0.478 e. The van der Waals surface area contributed by atoms with E-state index in [9.17, 15) is 9.90 Å². The lowest BCUT2D eigenvalue weighted by molar-refractivity contribution is 0.0698. The maximum atomic E-state index is 11.3. The molecule has 1 aromatic carbocycles. The molecule has 0 aliphatic heterocycles. The predicted octanol–water partition coefficient (Wildman–Crippen LogP) is 4.51. The molecule has 0 fully saturated rings. The van der Waals surface area contributed by atoms with Crippen LogP contribution < -0.4 is 5.32 Å². The number of carboxylic acids is 1. The van der Waals surface area contributed by atoms with E-state index < -0.39 is 5.97 Å². The molecule has 0 unspecified atom stereocenters. The fourth-order valence-electron chi connectivity index (χ4n) is 2.10. The molecule has 0 aliphatic carbocycles. The molecule has 6 heteroatoms. The van der Waals surface area contributed by atoms with Crippen molar-refractivity contribution in [1.82, 2.24) is 9.97 Å². The Kier molecular flexibility index (Phi) is 6.40. The zero-order valence-electron chi connectivity index (χ0n) is 13.4. The molecule has 0 bridgehead atoms. The molecule has 0 spiro atoms. The number of thioether (sulfide) groups is 1. The maximum absolute atomic E-state index is 11.3. The van der Waals surface area contributed by atoms with E-state index >= 15 is 0 Å². The van der Waals surface area contributed by atoms with Crippen molar-refractivity contribution in [3.63, 3.8) is 0 Å². The molecule has 1 heterocycles. The van der Waals surface area contributed by atoms with Gasteiger partial charge in [-0.15, -0.1) is 0 Å². The van der Waals surface area contributed by atoms with Gasteiger partial charge < -0.3 is 10.4 Å². The van der Waals surface area contributed by atoms with Gasteiger partial charge in [-0.05, 0) is 25.5 Å². The van der Waals surface area contributed by atoms with Crippen LogP contribution in [0, 0.1) is 6.92 Å². The van der Waals surface area contributed by atoms with Gasteiger partial charge in [0.2, 0.25) is 0 Å². The Morgan fingerprint density at radius 3 is 2.78 bits per heavy atom. The molecule has 1 aromatic heterocycles. The normalized spacial score (nSPS) is 10.5. The summed E-state index contributed by atoms with van der Waals surface area (Å²) >= 11 is 1.63. The van der Waals surface area contributed by atoms with Crippen molar-refractivity contribution in [1.29, 1.82) is 0 Å². The third-order valence-corrected chi connectivity index (χ3v) is 4.17. The molecule has 0 saturated heterocycles. The molecule has 0 aliphatic rings. The van der Waals surface area contributed by atoms with Gasteiger partial charge in [-0.2, -0.15) is 0 Å². The molecule has 122 valence electrons. The number of hydrogen-bond donors (Lipinski definition) is 2. The van der Waals surface area contributed by atoms with Gasteiger partial charge in [-0.3, -0.25) is 0 Å². The quantitative estimate of drug-likeness (QED) is 0.421. The number of anilines is 2. The first-order chi connectivity index (χ1) is 11.1. The van der Waals surface area contributed by atoms with Crippen LogP contribution in [0.25, 0.3) is 0 Å². The summed E-state index contributed by atoms with van der Waals surface area (Å²) in [4.78, 5) is 20.2. The van der Waals surface area contributed by atoms with Crippen LogP contribution in [0.2, 0.25) is 0 Å². The first-order valence-electron chi connectivity index (χ1n) is 7.68. The number of carboxylic acid groups (broad SMARTS) is 1. The smallest absolute Gasteiger partial charge is 0.337 e. The lowest BCUT2D eigenvalue weighted by atomic mass is 10.2. The van der Waals surface area contributed by atoms with E-state index in [0.717, 1.165) is 23.0 Å². The van der Waals surface area contributed by atoms with E-state index in [4.69, 9.17) is 0 Å². The van der Waals surface area contributed by atoms with Gasteiger partial charge >= 0.3 is 5.97 Å². The molecule has 0 atom stereocenters. The number of aromatic nitrogens is 2. The van der Waals surface area contributed by atoms with Gasteiger partial charge in [0.25, 0.3) is 0 Å². The van der Waals surface area contributed by atoms with E-state index in [1.54, 1.807) is 36.0 Å². The molecule has 5 nitrogen and oxygen atoms in total. The average molecular weight is 331 g/mol. The Morgan fingerprint density at radius 1 is 1.26 bits per heavy atom. The van der Waals surface area contributed by atoms with Crippen molar-refractivity contribution in [2.24, 2.45) is 0 Å². The number of carbonyl (C=O) groups is 1. The highest BCUT2D eigenvalue weighted by molar-refractivity contribution is 7.99. The molecule has 0 saturated carbocycles. The van der Waals surface area contributed by atoms with Gasteiger partial charge in [0.15, 0.2) is 5.16 Å². The summed E-state index contributed by atoms with van der Waals surface area (Å²) in [7, 11) is 0. The molecule has 2 aromatic rings. The predicted molar refractivity (Wildman–Crippen MR) is 93.7 cm³/mol. The lowest BCUT2D eigenvalue weighted by Crippen LogP contribution is -2.04. The minimum atomic E-state index is -0.965. The average Bonchev–Trinajstić information content (AvgIpc) is 2.51. The summed E-state index contributed by atoms with van der Waals surface area (Å²) in [5.74, 6) is 0.639. The maximum Gasteiger partial charge on any atom is 0.337 e. The van der Waals surface area contributed by atoms with Gasteiger partial charge in [0, 0.05) is 17.5 Å². The number of rotatable bonds is 8. The van der Waals surface area contributed by atoms with Crippen LogP contribution in [0.5, 0.6) is 0 Å². The molecule has 0 amide bonds. The van der Waals surface area contributed by atoms with Crippen LogP contribution in [0.4, 0.5) is 11.5 Å². The number of aromatic carboxylic acids is 1.